The predicted octanol–water partition coefficient (Wildman–Crippen LogP) is 7.30. The average molecular weight is 466 g/mol. The van der Waals surface area contributed by atoms with Gasteiger partial charge in [0.05, 0.1) is 17.2 Å². The molecule has 1 saturated heterocycles. The average Bonchev–Trinajstić information content (AvgIpc) is 2.91. The Hall–Kier alpha value is -1.77. The normalized spacial score (nSPS) is 24.6. The van der Waals surface area contributed by atoms with Crippen molar-refractivity contribution >= 4 is 17.4 Å². The Balaban J connectivity index is 1.92. The summed E-state index contributed by atoms with van der Waals surface area (Å²) in [4.78, 5) is 1.76. The zero-order chi connectivity index (χ0) is 23.4. The Morgan fingerprint density at radius 1 is 1.06 bits per heavy atom. The molecule has 0 unspecified atom stereocenters. The van der Waals surface area contributed by atoms with Crippen LogP contribution in [0.4, 0.5) is 26.3 Å². The van der Waals surface area contributed by atoms with E-state index in [2.05, 4.69) is 20.8 Å². The largest absolute Gasteiger partial charge is 0.460 e. The standard InChI is InChI=1S/C22H25F6NOS/c1-12-5-6-20(3,4)10-15(12)11-29-13(2)18(30-19(29)31)14-7-16(21(23,24)25)9-17(8-14)22(26,27)28/h7-9,13,18H,5-6,10-11H2,1-4H3/t13-,18-/m0/s1. The van der Waals surface area contributed by atoms with E-state index in [9.17, 15) is 26.3 Å². The summed E-state index contributed by atoms with van der Waals surface area (Å²) in [5.74, 6) is 0. The van der Waals surface area contributed by atoms with Crippen molar-refractivity contribution in [1.82, 2.24) is 4.90 Å². The zero-order valence-electron chi connectivity index (χ0n) is 17.7. The second-order valence-electron chi connectivity index (χ2n) is 9.24. The van der Waals surface area contributed by atoms with Crippen LogP contribution in [0.3, 0.4) is 0 Å². The number of halogens is 6. The Kier molecular flexibility index (Phi) is 6.14. The minimum atomic E-state index is -4.91. The van der Waals surface area contributed by atoms with E-state index in [0.717, 1.165) is 31.4 Å². The van der Waals surface area contributed by atoms with Gasteiger partial charge in [0.25, 0.3) is 5.17 Å². The van der Waals surface area contributed by atoms with Gasteiger partial charge >= 0.3 is 12.4 Å². The van der Waals surface area contributed by atoms with E-state index in [1.54, 1.807) is 11.8 Å². The third-order valence-corrected chi connectivity index (χ3v) is 6.49. The van der Waals surface area contributed by atoms with Crippen molar-refractivity contribution in [1.29, 1.82) is 0 Å². The molecule has 0 N–H and O–H groups in total. The fraction of sp³-hybridized carbons (Fsp3) is 0.591. The number of ether oxygens (including phenoxy) is 1. The molecule has 0 saturated carbocycles. The Morgan fingerprint density at radius 3 is 2.13 bits per heavy atom. The van der Waals surface area contributed by atoms with Crippen molar-refractivity contribution in [3.63, 3.8) is 0 Å². The highest BCUT2D eigenvalue weighted by atomic mass is 32.1. The summed E-state index contributed by atoms with van der Waals surface area (Å²) in [6, 6.07) is 1.05. The summed E-state index contributed by atoms with van der Waals surface area (Å²) in [6.07, 6.45) is -7.97. The van der Waals surface area contributed by atoms with Crippen molar-refractivity contribution in [2.24, 2.45) is 5.41 Å². The minimum absolute atomic E-state index is 0.0900. The lowest BCUT2D eigenvalue weighted by atomic mass is 9.74. The summed E-state index contributed by atoms with van der Waals surface area (Å²) >= 11 is 5.31. The lowest BCUT2D eigenvalue weighted by Crippen LogP contribution is -2.35. The highest BCUT2D eigenvalue weighted by molar-refractivity contribution is 7.80. The van der Waals surface area contributed by atoms with E-state index < -0.39 is 35.6 Å². The van der Waals surface area contributed by atoms with Crippen LogP contribution in [0.15, 0.2) is 29.3 Å². The second kappa shape index (κ2) is 7.98. The summed E-state index contributed by atoms with van der Waals surface area (Å²) in [5.41, 5.74) is -0.335. The van der Waals surface area contributed by atoms with Crippen LogP contribution < -0.4 is 0 Å². The maximum atomic E-state index is 13.2. The Bertz CT molecular complexity index is 870. The first kappa shape index (κ1) is 23.9. The first-order chi connectivity index (χ1) is 14.1. The number of thiocarbonyl (C=S) groups is 1. The van der Waals surface area contributed by atoms with Gasteiger partial charge in [0, 0.05) is 6.54 Å². The van der Waals surface area contributed by atoms with Crippen molar-refractivity contribution < 1.29 is 31.1 Å². The van der Waals surface area contributed by atoms with Gasteiger partial charge in [-0.05, 0) is 74.5 Å². The molecule has 0 radical (unpaired) electrons. The lowest BCUT2D eigenvalue weighted by Gasteiger charge is -2.35. The van der Waals surface area contributed by atoms with E-state index in [1.165, 1.54) is 11.1 Å². The molecule has 31 heavy (non-hydrogen) atoms. The number of hydrogen-bond donors (Lipinski definition) is 0. The summed E-state index contributed by atoms with van der Waals surface area (Å²) in [7, 11) is 0. The molecule has 172 valence electrons. The molecular weight excluding hydrogens is 440 g/mol. The second-order valence-corrected chi connectivity index (χ2v) is 9.59. The van der Waals surface area contributed by atoms with Gasteiger partial charge in [0.1, 0.15) is 6.10 Å². The number of allylic oxidation sites excluding steroid dienone is 1. The van der Waals surface area contributed by atoms with E-state index in [4.69, 9.17) is 17.0 Å². The van der Waals surface area contributed by atoms with Crippen molar-refractivity contribution in [2.45, 2.75) is 71.5 Å². The molecule has 1 aliphatic heterocycles. The minimum Gasteiger partial charge on any atom is -0.460 e. The molecule has 1 aromatic carbocycles. The monoisotopic (exact) mass is 465 g/mol. The van der Waals surface area contributed by atoms with Gasteiger partial charge in [-0.3, -0.25) is 0 Å². The highest BCUT2D eigenvalue weighted by Gasteiger charge is 2.42. The molecule has 1 aromatic rings. The Morgan fingerprint density at radius 2 is 1.61 bits per heavy atom. The Labute approximate surface area is 183 Å². The molecular formula is C22H25F6NOS. The van der Waals surface area contributed by atoms with Crippen LogP contribution in [0.25, 0.3) is 0 Å². The molecule has 1 aliphatic carbocycles. The maximum absolute atomic E-state index is 13.2. The smallest absolute Gasteiger partial charge is 0.416 e. The topological polar surface area (TPSA) is 12.5 Å². The van der Waals surface area contributed by atoms with Crippen molar-refractivity contribution in [2.75, 3.05) is 6.54 Å². The summed E-state index contributed by atoms with van der Waals surface area (Å²) < 4.78 is 85.1. The van der Waals surface area contributed by atoms with E-state index in [1.807, 2.05) is 0 Å². The third kappa shape index (κ3) is 5.18. The van der Waals surface area contributed by atoms with Crippen LogP contribution in [0.1, 0.15) is 69.8 Å². The molecule has 2 atom stereocenters. The SMILES string of the molecule is CC1=C(CN2C(=S)O[C@H](c3cc(C(F)(F)F)cc(C(F)(F)F)c3)[C@@H]2C)CC(C)(C)CC1. The van der Waals surface area contributed by atoms with Gasteiger partial charge in [-0.1, -0.05) is 25.0 Å². The van der Waals surface area contributed by atoms with Crippen LogP contribution >= 0.6 is 12.2 Å². The molecule has 2 nitrogen and oxygen atoms in total. The molecule has 0 aromatic heterocycles. The van der Waals surface area contributed by atoms with Crippen LogP contribution in [0.2, 0.25) is 0 Å². The quantitative estimate of drug-likeness (QED) is 0.264. The molecule has 0 amide bonds. The molecule has 0 spiro atoms. The number of alkyl halides is 6. The molecule has 3 rings (SSSR count). The number of hydrogen-bond acceptors (Lipinski definition) is 2. The fourth-order valence-corrected chi connectivity index (χ4v) is 4.55. The van der Waals surface area contributed by atoms with Gasteiger partial charge in [-0.25, -0.2) is 0 Å². The van der Waals surface area contributed by atoms with E-state index >= 15 is 0 Å². The molecule has 1 fully saturated rings. The first-order valence-corrected chi connectivity index (χ1v) is 10.4. The van der Waals surface area contributed by atoms with E-state index in [0.29, 0.717) is 6.54 Å². The van der Waals surface area contributed by atoms with E-state index in [-0.39, 0.29) is 22.2 Å². The summed E-state index contributed by atoms with van der Waals surface area (Å²) in [6.45, 7) is 8.56. The fourth-order valence-electron chi connectivity index (χ4n) is 4.22. The van der Waals surface area contributed by atoms with Crippen LogP contribution in [-0.4, -0.2) is 22.7 Å². The van der Waals surface area contributed by atoms with Crippen LogP contribution in [-0.2, 0) is 17.1 Å². The number of rotatable bonds is 3. The van der Waals surface area contributed by atoms with Gasteiger partial charge in [-0.15, -0.1) is 0 Å². The zero-order valence-corrected chi connectivity index (χ0v) is 18.6. The molecule has 9 heteroatoms. The van der Waals surface area contributed by atoms with Crippen molar-refractivity contribution in [3.05, 3.63) is 46.0 Å². The van der Waals surface area contributed by atoms with Gasteiger partial charge < -0.3 is 9.64 Å². The maximum Gasteiger partial charge on any atom is 0.416 e. The highest BCUT2D eigenvalue weighted by Crippen LogP contribution is 2.43. The summed E-state index contributed by atoms with van der Waals surface area (Å²) in [5, 5.41) is 0.0900. The van der Waals surface area contributed by atoms with Crippen LogP contribution in [0, 0.1) is 5.41 Å². The lowest BCUT2D eigenvalue weighted by molar-refractivity contribution is -0.143. The van der Waals surface area contributed by atoms with Crippen molar-refractivity contribution in [3.8, 4) is 0 Å². The number of nitrogens with zero attached hydrogens (tertiary/aromatic N) is 1. The van der Waals surface area contributed by atoms with Gasteiger partial charge in [0.2, 0.25) is 0 Å². The molecule has 1 heterocycles. The molecule has 0 bridgehead atoms. The number of benzene rings is 1. The predicted molar refractivity (Wildman–Crippen MR) is 109 cm³/mol. The first-order valence-electron chi connectivity index (χ1n) is 10.0. The van der Waals surface area contributed by atoms with Gasteiger partial charge in [-0.2, -0.15) is 26.3 Å². The third-order valence-electron chi connectivity index (χ3n) is 6.16. The van der Waals surface area contributed by atoms with Gasteiger partial charge in [0.15, 0.2) is 0 Å². The molecule has 2 aliphatic rings. The van der Waals surface area contributed by atoms with Crippen LogP contribution in [0.5, 0.6) is 0 Å².